The van der Waals surface area contributed by atoms with E-state index >= 15 is 0 Å². The first-order valence-corrected chi connectivity index (χ1v) is 3.47. The fourth-order valence-electron chi connectivity index (χ4n) is 1.24. The van der Waals surface area contributed by atoms with Crippen LogP contribution in [0.25, 0.3) is 0 Å². The second kappa shape index (κ2) is 2.54. The lowest BCUT2D eigenvalue weighted by molar-refractivity contribution is 0.130. The molecule has 1 aliphatic carbocycles. The second-order valence-corrected chi connectivity index (χ2v) is 2.91. The van der Waals surface area contributed by atoms with Crippen molar-refractivity contribution in [3.63, 3.8) is 0 Å². The topological polar surface area (TPSA) is 20.2 Å². The van der Waals surface area contributed by atoms with Gasteiger partial charge in [-0.2, -0.15) is 0 Å². The molecular weight excluding hydrogens is 98.9 g/mol. The summed E-state index contributed by atoms with van der Waals surface area (Å²) in [6.45, 7) is 0. The van der Waals surface area contributed by atoms with Crippen LogP contribution in [0.1, 0.15) is 25.7 Å². The van der Waals surface area contributed by atoms with E-state index in [9.17, 15) is 0 Å². The van der Waals surface area contributed by atoms with Gasteiger partial charge >= 0.3 is 0 Å². The molecule has 1 rings (SSSR count). The normalized spacial score (nSPS) is 39.6. The fourth-order valence-corrected chi connectivity index (χ4v) is 1.24. The minimum absolute atomic E-state index is 0.0196. The van der Waals surface area contributed by atoms with Crippen LogP contribution in [0.3, 0.4) is 0 Å². The zero-order valence-corrected chi connectivity index (χ0v) is 5.43. The van der Waals surface area contributed by atoms with E-state index in [0.29, 0.717) is 0 Å². The molecule has 0 aliphatic heterocycles. The Balaban J connectivity index is 2.19. The van der Waals surface area contributed by atoms with E-state index in [1.54, 1.807) is 0 Å². The highest BCUT2D eigenvalue weighted by atomic mass is 16.3. The first kappa shape index (κ1) is 6.15. The van der Waals surface area contributed by atoms with Crippen molar-refractivity contribution in [2.75, 3.05) is 0 Å². The molecule has 0 aromatic carbocycles. The predicted molar refractivity (Wildman–Crippen MR) is 36.8 cm³/mol. The van der Waals surface area contributed by atoms with Crippen molar-refractivity contribution in [3.8, 4) is 0 Å². The monoisotopic (exact) mass is 112 g/mol. The van der Waals surface area contributed by atoms with Crippen LogP contribution in [-0.2, 0) is 0 Å². The SMILES string of the molecule is BC1CCC(O)CC1. The molecule has 8 heavy (non-hydrogen) atoms. The van der Waals surface area contributed by atoms with Crippen molar-refractivity contribution in [2.24, 2.45) is 0 Å². The fraction of sp³-hybridized carbons (Fsp3) is 1.00. The van der Waals surface area contributed by atoms with Gasteiger partial charge in [-0.3, -0.25) is 0 Å². The molecule has 0 atom stereocenters. The van der Waals surface area contributed by atoms with Gasteiger partial charge in [-0.25, -0.2) is 0 Å². The third-order valence-electron chi connectivity index (χ3n) is 1.99. The van der Waals surface area contributed by atoms with Gasteiger partial charge in [0.05, 0.1) is 6.10 Å². The Morgan fingerprint density at radius 3 is 2.00 bits per heavy atom. The number of aliphatic hydroxyl groups excluding tert-OH is 1. The van der Waals surface area contributed by atoms with Crippen molar-refractivity contribution in [1.82, 2.24) is 0 Å². The Labute approximate surface area is 51.5 Å². The second-order valence-electron chi connectivity index (χ2n) is 2.91. The lowest BCUT2D eigenvalue weighted by Crippen LogP contribution is -2.14. The van der Waals surface area contributed by atoms with Gasteiger partial charge in [0, 0.05) is 0 Å². The summed E-state index contributed by atoms with van der Waals surface area (Å²) in [5, 5.41) is 9.03. The van der Waals surface area contributed by atoms with E-state index in [4.69, 9.17) is 5.11 Å². The standard InChI is InChI=1S/C6H13BO/c7-5-1-3-6(8)4-2-5/h5-6,8H,1-4,7H2. The molecule has 1 N–H and O–H groups in total. The van der Waals surface area contributed by atoms with E-state index in [-0.39, 0.29) is 6.10 Å². The predicted octanol–water partition coefficient (Wildman–Crippen LogP) is 0.343. The molecule has 0 radical (unpaired) electrons. The van der Waals surface area contributed by atoms with Crippen LogP contribution >= 0.6 is 0 Å². The summed E-state index contributed by atoms with van der Waals surface area (Å²) in [7, 11) is 2.26. The van der Waals surface area contributed by atoms with E-state index < -0.39 is 0 Å². The molecule has 2 heteroatoms. The van der Waals surface area contributed by atoms with Gasteiger partial charge in [0.2, 0.25) is 0 Å². The van der Waals surface area contributed by atoms with Crippen molar-refractivity contribution in [1.29, 1.82) is 0 Å². The smallest absolute Gasteiger partial charge is 0.105 e. The summed E-state index contributed by atoms with van der Waals surface area (Å²) in [4.78, 5) is 0. The quantitative estimate of drug-likeness (QED) is 0.448. The van der Waals surface area contributed by atoms with Gasteiger partial charge in [-0.15, -0.1) is 0 Å². The van der Waals surface area contributed by atoms with Gasteiger partial charge in [0.1, 0.15) is 7.85 Å². The summed E-state index contributed by atoms with van der Waals surface area (Å²) >= 11 is 0. The average Bonchev–Trinajstić information content (AvgIpc) is 1.77. The maximum atomic E-state index is 9.03. The molecule has 0 unspecified atom stereocenters. The van der Waals surface area contributed by atoms with Crippen LogP contribution in [-0.4, -0.2) is 19.1 Å². The van der Waals surface area contributed by atoms with Crippen LogP contribution in [0, 0.1) is 0 Å². The minimum atomic E-state index is 0.0196. The first-order valence-electron chi connectivity index (χ1n) is 3.47. The molecule has 0 saturated heterocycles. The van der Waals surface area contributed by atoms with E-state index in [1.165, 1.54) is 12.8 Å². The maximum Gasteiger partial charge on any atom is 0.105 e. The Morgan fingerprint density at radius 2 is 1.62 bits per heavy atom. The van der Waals surface area contributed by atoms with Crippen LogP contribution in [0.15, 0.2) is 0 Å². The van der Waals surface area contributed by atoms with Gasteiger partial charge < -0.3 is 5.11 Å². The molecule has 1 fully saturated rings. The highest BCUT2D eigenvalue weighted by Crippen LogP contribution is 2.25. The summed E-state index contributed by atoms with van der Waals surface area (Å²) in [5.74, 6) is 0.860. The molecule has 0 aromatic heterocycles. The molecule has 1 aliphatic rings. The molecule has 0 spiro atoms. The van der Waals surface area contributed by atoms with E-state index in [2.05, 4.69) is 7.85 Å². The molecule has 0 aromatic rings. The van der Waals surface area contributed by atoms with Gasteiger partial charge in [-0.05, 0) is 12.8 Å². The molecular formula is C6H13BO. The first-order chi connectivity index (χ1) is 3.79. The zero-order chi connectivity index (χ0) is 5.98. The average molecular weight is 112 g/mol. The van der Waals surface area contributed by atoms with E-state index in [0.717, 1.165) is 18.7 Å². The minimum Gasteiger partial charge on any atom is -0.393 e. The van der Waals surface area contributed by atoms with Crippen molar-refractivity contribution < 1.29 is 5.11 Å². The Hall–Kier alpha value is 0.0249. The van der Waals surface area contributed by atoms with Crippen molar-refractivity contribution >= 4 is 7.85 Å². The van der Waals surface area contributed by atoms with Gasteiger partial charge in [0.25, 0.3) is 0 Å². The zero-order valence-electron chi connectivity index (χ0n) is 5.43. The molecule has 1 saturated carbocycles. The van der Waals surface area contributed by atoms with Crippen LogP contribution in [0.4, 0.5) is 0 Å². The molecule has 1 nitrogen and oxygen atoms in total. The summed E-state index contributed by atoms with van der Waals surface area (Å²) in [6.07, 6.45) is 4.52. The number of hydrogen-bond acceptors (Lipinski definition) is 1. The number of hydrogen-bond donors (Lipinski definition) is 1. The maximum absolute atomic E-state index is 9.03. The Bertz CT molecular complexity index is 56.9. The summed E-state index contributed by atoms with van der Waals surface area (Å²) in [5.41, 5.74) is 0. The van der Waals surface area contributed by atoms with Crippen LogP contribution in [0.2, 0.25) is 5.82 Å². The van der Waals surface area contributed by atoms with Crippen molar-refractivity contribution in [3.05, 3.63) is 0 Å². The molecule has 46 valence electrons. The number of aliphatic hydroxyl groups is 1. The third kappa shape index (κ3) is 1.51. The third-order valence-corrected chi connectivity index (χ3v) is 1.99. The highest BCUT2D eigenvalue weighted by Gasteiger charge is 2.14. The summed E-state index contributed by atoms with van der Waals surface area (Å²) < 4.78 is 0. The van der Waals surface area contributed by atoms with Crippen LogP contribution < -0.4 is 0 Å². The van der Waals surface area contributed by atoms with Gasteiger partial charge in [-0.1, -0.05) is 18.7 Å². The highest BCUT2D eigenvalue weighted by molar-refractivity contribution is 6.11. The largest absolute Gasteiger partial charge is 0.393 e. The lowest BCUT2D eigenvalue weighted by atomic mass is 9.75. The van der Waals surface area contributed by atoms with Crippen LogP contribution in [0.5, 0.6) is 0 Å². The summed E-state index contributed by atoms with van der Waals surface area (Å²) in [6, 6.07) is 0. The molecule has 0 bridgehead atoms. The van der Waals surface area contributed by atoms with Gasteiger partial charge in [0.15, 0.2) is 0 Å². The Kier molecular flexibility index (Phi) is 1.95. The van der Waals surface area contributed by atoms with Crippen molar-refractivity contribution in [2.45, 2.75) is 37.6 Å². The molecule has 0 heterocycles. The lowest BCUT2D eigenvalue weighted by Gasteiger charge is -2.21. The van der Waals surface area contributed by atoms with E-state index in [1.807, 2.05) is 0 Å². The Morgan fingerprint density at radius 1 is 1.12 bits per heavy atom. The number of rotatable bonds is 0. The molecule has 0 amide bonds.